The second-order valence-corrected chi connectivity index (χ2v) is 10.1. The molecule has 194 valence electrons. The van der Waals surface area contributed by atoms with Crippen molar-refractivity contribution in [1.29, 1.82) is 0 Å². The predicted octanol–water partition coefficient (Wildman–Crippen LogP) is 0.861. The summed E-state index contributed by atoms with van der Waals surface area (Å²) in [6.45, 7) is 4.94. The van der Waals surface area contributed by atoms with Gasteiger partial charge < -0.3 is 29.7 Å². The molecule has 1 aromatic carbocycles. The molecule has 2 fully saturated rings. The summed E-state index contributed by atoms with van der Waals surface area (Å²) in [6.07, 6.45) is 1.09. The van der Waals surface area contributed by atoms with Crippen molar-refractivity contribution < 1.29 is 19.4 Å². The summed E-state index contributed by atoms with van der Waals surface area (Å²) in [5.41, 5.74) is 2.99. The Hall–Kier alpha value is -2.79. The lowest BCUT2D eigenvalue weighted by molar-refractivity contribution is -0.0139. The molecule has 36 heavy (non-hydrogen) atoms. The quantitative estimate of drug-likeness (QED) is 0.551. The summed E-state index contributed by atoms with van der Waals surface area (Å²) < 4.78 is 11.0. The van der Waals surface area contributed by atoms with Gasteiger partial charge in [-0.3, -0.25) is 9.69 Å². The molecule has 1 amide bonds. The molecule has 10 nitrogen and oxygen atoms in total. The van der Waals surface area contributed by atoms with Gasteiger partial charge in [-0.15, -0.1) is 0 Å². The van der Waals surface area contributed by atoms with E-state index in [9.17, 15) is 9.90 Å². The van der Waals surface area contributed by atoms with E-state index in [2.05, 4.69) is 44.5 Å². The Balaban J connectivity index is 1.25. The number of nitrogens with one attached hydrogen (secondary N) is 1. The van der Waals surface area contributed by atoms with Crippen LogP contribution in [0.15, 0.2) is 30.3 Å². The Kier molecular flexibility index (Phi) is 7.66. The van der Waals surface area contributed by atoms with Gasteiger partial charge in [-0.2, -0.15) is 9.97 Å². The third kappa shape index (κ3) is 5.78. The molecule has 2 aromatic rings. The third-order valence-corrected chi connectivity index (χ3v) is 7.15. The first-order chi connectivity index (χ1) is 17.5. The number of amides is 1. The summed E-state index contributed by atoms with van der Waals surface area (Å²) in [7, 11) is 3.93. The number of fused-ring (bicyclic) bond motifs is 1. The summed E-state index contributed by atoms with van der Waals surface area (Å²) in [5.74, 6) is 0.327. The van der Waals surface area contributed by atoms with E-state index in [0.717, 1.165) is 25.9 Å². The van der Waals surface area contributed by atoms with Crippen molar-refractivity contribution in [3.8, 4) is 6.01 Å². The van der Waals surface area contributed by atoms with Crippen LogP contribution in [0.2, 0.25) is 0 Å². The van der Waals surface area contributed by atoms with Gasteiger partial charge >= 0.3 is 6.01 Å². The van der Waals surface area contributed by atoms with Crippen LogP contribution in [0.3, 0.4) is 0 Å². The van der Waals surface area contributed by atoms with Crippen LogP contribution < -0.4 is 10.1 Å². The Bertz CT molecular complexity index is 1060. The van der Waals surface area contributed by atoms with Gasteiger partial charge in [-0.25, -0.2) is 0 Å². The second kappa shape index (κ2) is 11.1. The highest BCUT2D eigenvalue weighted by molar-refractivity contribution is 5.93. The fourth-order valence-corrected chi connectivity index (χ4v) is 5.01. The summed E-state index contributed by atoms with van der Waals surface area (Å²) in [4.78, 5) is 28.4. The van der Waals surface area contributed by atoms with Gasteiger partial charge in [0.1, 0.15) is 18.1 Å². The van der Waals surface area contributed by atoms with E-state index in [1.54, 1.807) is 11.0 Å². The number of rotatable bonds is 8. The lowest BCUT2D eigenvalue weighted by atomic mass is 9.94. The highest BCUT2D eigenvalue weighted by Crippen LogP contribution is 2.26. The fourth-order valence-electron chi connectivity index (χ4n) is 5.01. The average Bonchev–Trinajstić information content (AvgIpc) is 2.85. The lowest BCUT2D eigenvalue weighted by Crippen LogP contribution is -2.56. The molecule has 0 bridgehead atoms. The molecular formula is C26H36N6O4. The van der Waals surface area contributed by atoms with Crippen LogP contribution in [-0.2, 0) is 17.7 Å². The number of anilines is 1. The number of nitrogens with zero attached hydrogens (tertiary/aromatic N) is 5. The summed E-state index contributed by atoms with van der Waals surface area (Å²) in [5, 5.41) is 14.3. The highest BCUT2D eigenvalue weighted by Gasteiger charge is 2.36. The number of aliphatic hydroxyl groups is 1. The number of hydrogen-bond acceptors (Lipinski definition) is 9. The van der Waals surface area contributed by atoms with Crippen molar-refractivity contribution in [2.45, 2.75) is 37.6 Å². The molecule has 4 heterocycles. The van der Waals surface area contributed by atoms with Crippen molar-refractivity contribution in [1.82, 2.24) is 24.7 Å². The summed E-state index contributed by atoms with van der Waals surface area (Å²) >= 11 is 0. The normalized spacial score (nSPS) is 22.7. The van der Waals surface area contributed by atoms with Gasteiger partial charge in [0.05, 0.1) is 25.4 Å². The van der Waals surface area contributed by atoms with Crippen LogP contribution in [-0.4, -0.2) is 114 Å². The highest BCUT2D eigenvalue weighted by atomic mass is 16.5. The zero-order valence-electron chi connectivity index (χ0n) is 21.1. The zero-order chi connectivity index (χ0) is 25.1. The van der Waals surface area contributed by atoms with Crippen molar-refractivity contribution >= 4 is 11.7 Å². The van der Waals surface area contributed by atoms with Crippen LogP contribution in [0.1, 0.15) is 28.0 Å². The lowest BCUT2D eigenvalue weighted by Gasteiger charge is -2.43. The van der Waals surface area contributed by atoms with Crippen molar-refractivity contribution in [3.63, 3.8) is 0 Å². The van der Waals surface area contributed by atoms with Crippen molar-refractivity contribution in [2.75, 3.05) is 65.4 Å². The fraction of sp³-hybridized carbons (Fsp3) is 0.577. The zero-order valence-corrected chi connectivity index (χ0v) is 21.1. The van der Waals surface area contributed by atoms with E-state index >= 15 is 0 Å². The van der Waals surface area contributed by atoms with Crippen LogP contribution in [0.25, 0.3) is 0 Å². The monoisotopic (exact) mass is 496 g/mol. The second-order valence-electron chi connectivity index (χ2n) is 10.1. The van der Waals surface area contributed by atoms with E-state index in [1.807, 2.05) is 19.0 Å². The molecule has 0 radical (unpaired) electrons. The van der Waals surface area contributed by atoms with E-state index in [0.29, 0.717) is 38.7 Å². The van der Waals surface area contributed by atoms with Gasteiger partial charge in [0.2, 0.25) is 0 Å². The number of likely N-dealkylation sites (tertiary alicyclic amines) is 1. The Morgan fingerprint density at radius 2 is 2.03 bits per heavy atom. The van der Waals surface area contributed by atoms with Crippen LogP contribution in [0, 0.1) is 0 Å². The molecule has 5 rings (SSSR count). The average molecular weight is 497 g/mol. The maximum Gasteiger partial charge on any atom is 0.319 e. The standard InChI is InChI=1S/C26H36N6O4/c1-30(2)11-12-36-26-28-21(13-24(29-26)27-20-16-35-17-20)25(34)32-10-8-22(23(33)15-32)31-9-7-18-5-3-4-6-19(18)14-31/h3-6,13,20,22-23,33H,7-12,14-17H2,1-2H3,(H,27,28,29)/t22-,23-/m1/s1. The number of piperidine rings is 1. The summed E-state index contributed by atoms with van der Waals surface area (Å²) in [6, 6.07) is 10.5. The maximum atomic E-state index is 13.4. The number of benzene rings is 1. The molecule has 2 saturated heterocycles. The maximum absolute atomic E-state index is 13.4. The number of likely N-dealkylation sites (N-methyl/N-ethyl adjacent to an activating group) is 1. The number of hydrogen-bond donors (Lipinski definition) is 2. The third-order valence-electron chi connectivity index (χ3n) is 7.15. The van der Waals surface area contributed by atoms with Gasteiger partial charge in [-0.1, -0.05) is 24.3 Å². The minimum Gasteiger partial charge on any atom is -0.462 e. The molecule has 3 aliphatic heterocycles. The number of carbonyl (C=O) groups excluding carboxylic acids is 1. The van der Waals surface area contributed by atoms with E-state index in [-0.39, 0.29) is 36.2 Å². The number of aliphatic hydroxyl groups excluding tert-OH is 1. The molecule has 0 aliphatic carbocycles. The van der Waals surface area contributed by atoms with Crippen LogP contribution in [0.5, 0.6) is 6.01 Å². The molecule has 3 aliphatic rings. The molecule has 0 saturated carbocycles. The molecular weight excluding hydrogens is 460 g/mol. The molecule has 2 N–H and O–H groups in total. The largest absolute Gasteiger partial charge is 0.462 e. The van der Waals surface area contributed by atoms with E-state index < -0.39 is 6.10 Å². The Morgan fingerprint density at radius 3 is 2.75 bits per heavy atom. The van der Waals surface area contributed by atoms with E-state index in [1.165, 1.54) is 11.1 Å². The number of β-amino-alcohol motifs (C(OH)–C–C–N with tert-alkyl or cyclic N) is 1. The first-order valence-electron chi connectivity index (χ1n) is 12.8. The van der Waals surface area contributed by atoms with Gasteiger partial charge in [0, 0.05) is 44.8 Å². The predicted molar refractivity (Wildman–Crippen MR) is 135 cm³/mol. The molecule has 2 atom stereocenters. The molecule has 0 spiro atoms. The number of carbonyl (C=O) groups is 1. The van der Waals surface area contributed by atoms with Gasteiger partial charge in [-0.05, 0) is 38.1 Å². The molecule has 1 aromatic heterocycles. The van der Waals surface area contributed by atoms with Gasteiger partial charge in [0.15, 0.2) is 0 Å². The van der Waals surface area contributed by atoms with E-state index in [4.69, 9.17) is 9.47 Å². The van der Waals surface area contributed by atoms with Crippen LogP contribution in [0.4, 0.5) is 5.82 Å². The minimum absolute atomic E-state index is 0.0357. The number of ether oxygens (including phenoxy) is 2. The Labute approximate surface area is 212 Å². The topological polar surface area (TPSA) is 103 Å². The first kappa shape index (κ1) is 24.9. The van der Waals surface area contributed by atoms with Crippen LogP contribution >= 0.6 is 0 Å². The van der Waals surface area contributed by atoms with Crippen molar-refractivity contribution in [3.05, 3.63) is 47.2 Å². The molecule has 0 unspecified atom stereocenters. The Morgan fingerprint density at radius 1 is 1.22 bits per heavy atom. The first-order valence-corrected chi connectivity index (χ1v) is 12.8. The van der Waals surface area contributed by atoms with Crippen molar-refractivity contribution in [2.24, 2.45) is 0 Å². The smallest absolute Gasteiger partial charge is 0.319 e. The molecule has 10 heteroatoms. The van der Waals surface area contributed by atoms with Gasteiger partial charge in [0.25, 0.3) is 5.91 Å². The number of aromatic nitrogens is 2. The SMILES string of the molecule is CN(C)CCOc1nc(NC2COC2)cc(C(=O)N2CC[C@@H](N3CCc4ccccc4C3)[C@H](O)C2)n1. The minimum atomic E-state index is -0.615.